The molecule has 0 fully saturated rings. The maximum atomic E-state index is 14.1. The summed E-state index contributed by atoms with van der Waals surface area (Å²) in [6, 6.07) is 8.90. The monoisotopic (exact) mass is 800 g/mol. The third kappa shape index (κ3) is 9.49. The molecule has 0 aliphatic heterocycles. The first-order valence-corrected chi connectivity index (χ1v) is 15.6. The number of unbranched alkanes of at least 4 members (excludes halogenated alkanes) is 1. The normalized spacial score (nSPS) is 11.0. The van der Waals surface area contributed by atoms with E-state index in [0.717, 1.165) is 12.1 Å². The van der Waals surface area contributed by atoms with Crippen LogP contribution in [0.3, 0.4) is 0 Å². The largest absolute Gasteiger partial charge is 0.491 e. The molecule has 4 rings (SSSR count). The van der Waals surface area contributed by atoms with Crippen LogP contribution in [-0.4, -0.2) is 49.8 Å². The molecular formula is C35H22F10N4O7. The molecule has 294 valence electrons. The van der Waals surface area contributed by atoms with Gasteiger partial charge in [0.15, 0.2) is 52.3 Å². The third-order valence-electron chi connectivity index (χ3n) is 7.38. The molecule has 0 saturated carbocycles. The molecule has 0 heterocycles. The highest BCUT2D eigenvalue weighted by Gasteiger charge is 2.32. The Morgan fingerprint density at radius 1 is 0.679 bits per heavy atom. The molecule has 0 aliphatic carbocycles. The first kappa shape index (κ1) is 42.0. The van der Waals surface area contributed by atoms with Crippen molar-refractivity contribution in [2.75, 3.05) is 37.8 Å². The second kappa shape index (κ2) is 18.5. The highest BCUT2D eigenvalue weighted by molar-refractivity contribution is 5.90. The van der Waals surface area contributed by atoms with Gasteiger partial charge >= 0.3 is 11.9 Å². The first-order chi connectivity index (χ1) is 26.6. The van der Waals surface area contributed by atoms with Gasteiger partial charge in [0.05, 0.1) is 36.4 Å². The Kier molecular flexibility index (Phi) is 13.9. The zero-order chi connectivity index (χ0) is 41.3. The molecule has 0 aromatic heterocycles. The fraction of sp³-hybridized carbons (Fsp3) is 0.200. The van der Waals surface area contributed by atoms with Gasteiger partial charge in [-0.15, -0.1) is 17.5 Å². The number of nitrogens with zero attached hydrogens (tertiary/aromatic N) is 4. The fourth-order valence-corrected chi connectivity index (χ4v) is 4.59. The van der Waals surface area contributed by atoms with E-state index in [9.17, 15) is 63.6 Å². The minimum absolute atomic E-state index is 0.0172. The van der Waals surface area contributed by atoms with Crippen LogP contribution < -0.4 is 9.64 Å². The van der Waals surface area contributed by atoms with Crippen molar-refractivity contribution in [1.29, 1.82) is 0 Å². The minimum atomic E-state index is -2.52. The van der Waals surface area contributed by atoms with Gasteiger partial charge in [0.1, 0.15) is 30.0 Å². The molecule has 0 unspecified atom stereocenters. The van der Waals surface area contributed by atoms with Crippen molar-refractivity contribution in [3.8, 4) is 18.1 Å². The van der Waals surface area contributed by atoms with Crippen molar-refractivity contribution in [3.63, 3.8) is 0 Å². The number of hydrogen-bond acceptors (Lipinski definition) is 10. The van der Waals surface area contributed by atoms with Crippen LogP contribution in [0.4, 0.5) is 66.7 Å². The third-order valence-corrected chi connectivity index (χ3v) is 7.38. The van der Waals surface area contributed by atoms with Crippen molar-refractivity contribution in [2.45, 2.75) is 12.8 Å². The van der Waals surface area contributed by atoms with Gasteiger partial charge in [-0.05, 0) is 36.8 Å². The number of rotatable bonds is 16. The Morgan fingerprint density at radius 3 is 1.59 bits per heavy atom. The van der Waals surface area contributed by atoms with E-state index in [4.69, 9.17) is 20.6 Å². The Hall–Kier alpha value is -6.72. The van der Waals surface area contributed by atoms with Crippen molar-refractivity contribution in [2.24, 2.45) is 10.2 Å². The summed E-state index contributed by atoms with van der Waals surface area (Å²) in [5, 5.41) is 19.3. The second-order valence-corrected chi connectivity index (χ2v) is 10.9. The molecule has 0 amide bonds. The zero-order valence-corrected chi connectivity index (χ0v) is 28.0. The van der Waals surface area contributed by atoms with Gasteiger partial charge < -0.3 is 19.1 Å². The summed E-state index contributed by atoms with van der Waals surface area (Å²) in [5.74, 6) is -26.1. The van der Waals surface area contributed by atoms with Crippen molar-refractivity contribution >= 4 is 34.7 Å². The molecule has 4 aromatic rings. The molecule has 0 radical (unpaired) electrons. The number of ether oxygens (including phenoxy) is 3. The van der Waals surface area contributed by atoms with Gasteiger partial charge in [-0.2, -0.15) is 5.11 Å². The van der Waals surface area contributed by atoms with Crippen LogP contribution in [0, 0.1) is 80.6 Å². The summed E-state index contributed by atoms with van der Waals surface area (Å²) in [5.41, 5.74) is -3.69. The van der Waals surface area contributed by atoms with E-state index in [1.54, 1.807) is 0 Å². The number of hydrogen-bond donors (Lipinski definition) is 0. The van der Waals surface area contributed by atoms with Crippen LogP contribution in [0.2, 0.25) is 0 Å². The molecule has 0 bridgehead atoms. The van der Waals surface area contributed by atoms with E-state index < -0.39 is 112 Å². The maximum Gasteiger partial charge on any atom is 0.344 e. The lowest BCUT2D eigenvalue weighted by Gasteiger charge is -2.24. The number of azo groups is 1. The first-order valence-electron chi connectivity index (χ1n) is 15.6. The highest BCUT2D eigenvalue weighted by Crippen LogP contribution is 2.34. The van der Waals surface area contributed by atoms with Crippen LogP contribution in [0.5, 0.6) is 5.75 Å². The molecule has 0 N–H and O–H groups in total. The smallest absolute Gasteiger partial charge is 0.344 e. The van der Waals surface area contributed by atoms with Crippen LogP contribution in [-0.2, 0) is 9.47 Å². The molecule has 0 spiro atoms. The predicted octanol–water partition coefficient (Wildman–Crippen LogP) is 8.71. The van der Waals surface area contributed by atoms with E-state index >= 15 is 0 Å². The zero-order valence-electron chi connectivity index (χ0n) is 28.0. The Morgan fingerprint density at radius 2 is 1.14 bits per heavy atom. The quantitative estimate of drug-likeness (QED) is 0.0127. The average Bonchev–Trinajstić information content (AvgIpc) is 3.18. The van der Waals surface area contributed by atoms with Crippen LogP contribution in [0.1, 0.15) is 33.6 Å². The molecule has 11 nitrogen and oxygen atoms in total. The standard InChI is InChI=1S/C35H22F10N4O7/c1-2-3-4-13-54-21-16-19(49(52)53)9-10-20(21)47-46-17-5-7-18(8-6-17)48(11-14-55-34(50)22-24(36)28(40)32(44)29(41)25(22)37)12-15-56-35(51)23-26(38)30(42)33(45)31(43)27(23)39/h1,5-10,16H,3-4,11-15H2. The molecule has 4 aromatic carbocycles. The number of halogens is 10. The van der Waals surface area contributed by atoms with Crippen LogP contribution in [0.15, 0.2) is 52.7 Å². The summed E-state index contributed by atoms with van der Waals surface area (Å²) < 4.78 is 153. The number of carbonyl (C=O) groups is 2. The number of non-ortho nitro benzene ring substituents is 1. The topological polar surface area (TPSA) is 133 Å². The van der Waals surface area contributed by atoms with E-state index in [-0.39, 0.29) is 35.1 Å². The SMILES string of the molecule is C#CCCCOc1cc([N+](=O)[O-])ccc1N=Nc1ccc(N(CCOC(=O)c2c(F)c(F)c(F)c(F)c2F)CCOC(=O)c2c(F)c(F)c(F)c(F)c2F)cc1. The number of nitro benzene ring substituents is 1. The lowest BCUT2D eigenvalue weighted by atomic mass is 10.1. The van der Waals surface area contributed by atoms with Gasteiger partial charge in [-0.3, -0.25) is 10.1 Å². The fourth-order valence-electron chi connectivity index (χ4n) is 4.59. The lowest BCUT2D eigenvalue weighted by Crippen LogP contribution is -2.32. The van der Waals surface area contributed by atoms with E-state index in [1.165, 1.54) is 35.2 Å². The number of nitro groups is 1. The summed E-state index contributed by atoms with van der Waals surface area (Å²) in [4.78, 5) is 36.5. The molecule has 0 aliphatic rings. The van der Waals surface area contributed by atoms with Gasteiger partial charge in [-0.1, -0.05) is 0 Å². The van der Waals surface area contributed by atoms with Crippen molar-refractivity contribution < 1.29 is 72.6 Å². The number of terminal acetylenes is 1. The van der Waals surface area contributed by atoms with Crippen LogP contribution in [0.25, 0.3) is 0 Å². The number of esters is 2. The van der Waals surface area contributed by atoms with E-state index in [2.05, 4.69) is 16.1 Å². The Balaban J connectivity index is 1.55. The van der Waals surface area contributed by atoms with Gasteiger partial charge in [0.2, 0.25) is 11.6 Å². The average molecular weight is 801 g/mol. The highest BCUT2D eigenvalue weighted by atomic mass is 19.2. The summed E-state index contributed by atoms with van der Waals surface area (Å²) >= 11 is 0. The number of anilines is 1. The van der Waals surface area contributed by atoms with E-state index in [1.807, 2.05) is 0 Å². The lowest BCUT2D eigenvalue weighted by molar-refractivity contribution is -0.384. The maximum absolute atomic E-state index is 14.1. The molecule has 21 heteroatoms. The molecule has 0 saturated heterocycles. The summed E-state index contributed by atoms with van der Waals surface area (Å²) in [6.07, 6.45) is 6.02. The van der Waals surface area contributed by atoms with Crippen LogP contribution >= 0.6 is 0 Å². The predicted molar refractivity (Wildman–Crippen MR) is 173 cm³/mol. The second-order valence-electron chi connectivity index (χ2n) is 10.9. The Labute approximate surface area is 308 Å². The van der Waals surface area contributed by atoms with Gasteiger partial charge in [0, 0.05) is 18.2 Å². The van der Waals surface area contributed by atoms with Gasteiger partial charge in [0.25, 0.3) is 5.69 Å². The van der Waals surface area contributed by atoms with Crippen molar-refractivity contribution in [1.82, 2.24) is 0 Å². The Bertz CT molecular complexity index is 2090. The van der Waals surface area contributed by atoms with Crippen molar-refractivity contribution in [3.05, 3.63) is 122 Å². The number of benzene rings is 4. The molecular weight excluding hydrogens is 778 g/mol. The molecule has 0 atom stereocenters. The van der Waals surface area contributed by atoms with Gasteiger partial charge in [-0.25, -0.2) is 53.5 Å². The summed E-state index contributed by atoms with van der Waals surface area (Å²) in [6.45, 7) is -2.56. The minimum Gasteiger partial charge on any atom is -0.491 e. The number of carbonyl (C=O) groups excluding carboxylic acids is 2. The molecule has 56 heavy (non-hydrogen) atoms. The van der Waals surface area contributed by atoms with E-state index in [0.29, 0.717) is 12.8 Å². The summed E-state index contributed by atoms with van der Waals surface area (Å²) in [7, 11) is 0.